The molecule has 2 heterocycles. The highest BCUT2D eigenvalue weighted by atomic mass is 16.5. The van der Waals surface area contributed by atoms with Gasteiger partial charge in [-0.05, 0) is 18.9 Å². The second-order valence-corrected chi connectivity index (χ2v) is 5.01. The van der Waals surface area contributed by atoms with Crippen LogP contribution >= 0.6 is 0 Å². The Morgan fingerprint density at radius 3 is 3.06 bits per heavy atom. The Morgan fingerprint density at radius 1 is 1.53 bits per heavy atom. The maximum Gasteiger partial charge on any atom is 0.407 e. The number of alkyl carbamates (subject to hydrolysis) is 1. The summed E-state index contributed by atoms with van der Waals surface area (Å²) in [5, 5.41) is 6.35. The van der Waals surface area contributed by atoms with E-state index in [0.29, 0.717) is 6.04 Å². The van der Waals surface area contributed by atoms with Gasteiger partial charge in [0.1, 0.15) is 0 Å². The smallest absolute Gasteiger partial charge is 0.407 e. The van der Waals surface area contributed by atoms with Gasteiger partial charge in [0.25, 0.3) is 0 Å². The van der Waals surface area contributed by atoms with Crippen molar-refractivity contribution in [2.75, 3.05) is 33.3 Å². The quantitative estimate of drug-likeness (QED) is 0.751. The summed E-state index contributed by atoms with van der Waals surface area (Å²) >= 11 is 0. The van der Waals surface area contributed by atoms with E-state index >= 15 is 0 Å². The number of hydrogen-bond donors (Lipinski definition) is 2. The highest BCUT2D eigenvalue weighted by molar-refractivity contribution is 5.67. The van der Waals surface area contributed by atoms with Crippen LogP contribution in [0.4, 0.5) is 4.79 Å². The Balaban J connectivity index is 1.83. The fourth-order valence-corrected chi connectivity index (χ4v) is 2.99. The minimum absolute atomic E-state index is 0.251. The van der Waals surface area contributed by atoms with Gasteiger partial charge in [0.05, 0.1) is 7.11 Å². The maximum absolute atomic E-state index is 11.2. The first-order valence-electron chi connectivity index (χ1n) is 6.53. The second-order valence-electron chi connectivity index (χ2n) is 5.01. The lowest BCUT2D eigenvalue weighted by molar-refractivity contribution is 0.164. The topological polar surface area (TPSA) is 53.6 Å². The van der Waals surface area contributed by atoms with E-state index in [1.54, 1.807) is 0 Å². The van der Waals surface area contributed by atoms with Crippen molar-refractivity contribution in [1.29, 1.82) is 0 Å². The first-order valence-corrected chi connectivity index (χ1v) is 6.53. The summed E-state index contributed by atoms with van der Waals surface area (Å²) in [5.74, 6) is 0.756. The SMILES string of the molecule is CCC1CNCC1N1CCC(NC(=O)OC)C1. The average Bonchev–Trinajstić information content (AvgIpc) is 2.95. The van der Waals surface area contributed by atoms with Crippen molar-refractivity contribution in [3.8, 4) is 0 Å². The molecule has 0 spiro atoms. The lowest BCUT2D eigenvalue weighted by Crippen LogP contribution is -2.42. The number of amides is 1. The molecule has 0 aromatic carbocycles. The lowest BCUT2D eigenvalue weighted by Gasteiger charge is -2.28. The summed E-state index contributed by atoms with van der Waals surface area (Å²) in [6.45, 7) is 6.51. The van der Waals surface area contributed by atoms with E-state index in [4.69, 9.17) is 0 Å². The minimum Gasteiger partial charge on any atom is -0.453 e. The normalized spacial score (nSPS) is 33.9. The third-order valence-corrected chi connectivity index (χ3v) is 4.02. The van der Waals surface area contributed by atoms with Crippen molar-refractivity contribution < 1.29 is 9.53 Å². The second kappa shape index (κ2) is 5.69. The van der Waals surface area contributed by atoms with Crippen LogP contribution < -0.4 is 10.6 Å². The summed E-state index contributed by atoms with van der Waals surface area (Å²) in [6.07, 6.45) is 1.94. The molecule has 5 heteroatoms. The van der Waals surface area contributed by atoms with Gasteiger partial charge in [0.2, 0.25) is 0 Å². The average molecular weight is 241 g/mol. The fraction of sp³-hybridized carbons (Fsp3) is 0.917. The molecule has 2 aliphatic rings. The highest BCUT2D eigenvalue weighted by Gasteiger charge is 2.35. The third-order valence-electron chi connectivity index (χ3n) is 4.02. The number of methoxy groups -OCH3 is 1. The number of likely N-dealkylation sites (tertiary alicyclic amines) is 1. The number of carbonyl (C=O) groups excluding carboxylic acids is 1. The van der Waals surface area contributed by atoms with E-state index in [9.17, 15) is 4.79 Å². The maximum atomic E-state index is 11.2. The van der Waals surface area contributed by atoms with Gasteiger partial charge in [0.15, 0.2) is 0 Å². The molecule has 2 aliphatic heterocycles. The van der Waals surface area contributed by atoms with E-state index in [-0.39, 0.29) is 12.1 Å². The van der Waals surface area contributed by atoms with Crippen molar-refractivity contribution in [1.82, 2.24) is 15.5 Å². The van der Waals surface area contributed by atoms with Crippen molar-refractivity contribution in [3.63, 3.8) is 0 Å². The van der Waals surface area contributed by atoms with Crippen molar-refractivity contribution >= 4 is 6.09 Å². The van der Waals surface area contributed by atoms with Gasteiger partial charge in [-0.1, -0.05) is 13.3 Å². The Bertz CT molecular complexity index is 272. The van der Waals surface area contributed by atoms with E-state index in [2.05, 4.69) is 27.2 Å². The molecule has 1 amide bonds. The van der Waals surface area contributed by atoms with Crippen molar-refractivity contribution in [2.45, 2.75) is 31.8 Å². The summed E-state index contributed by atoms with van der Waals surface area (Å²) in [5.41, 5.74) is 0. The first-order chi connectivity index (χ1) is 8.24. The van der Waals surface area contributed by atoms with Crippen LogP contribution in [0, 0.1) is 5.92 Å². The summed E-state index contributed by atoms with van der Waals surface area (Å²) in [7, 11) is 1.41. The molecule has 2 fully saturated rings. The minimum atomic E-state index is -0.312. The Labute approximate surface area is 103 Å². The molecule has 0 aliphatic carbocycles. The van der Waals surface area contributed by atoms with E-state index in [1.165, 1.54) is 13.5 Å². The molecule has 2 saturated heterocycles. The largest absolute Gasteiger partial charge is 0.453 e. The number of nitrogens with one attached hydrogen (secondary N) is 2. The molecule has 0 aromatic heterocycles. The molecule has 0 saturated carbocycles. The molecule has 3 atom stereocenters. The fourth-order valence-electron chi connectivity index (χ4n) is 2.99. The van der Waals surface area contributed by atoms with Crippen LogP contribution in [0.3, 0.4) is 0 Å². The molecule has 2 rings (SSSR count). The predicted octanol–water partition coefficient (Wildman–Crippen LogP) is 0.415. The summed E-state index contributed by atoms with van der Waals surface area (Å²) in [4.78, 5) is 13.7. The molecule has 0 aromatic rings. The van der Waals surface area contributed by atoms with Gasteiger partial charge < -0.3 is 15.4 Å². The molecule has 0 radical (unpaired) electrons. The standard InChI is InChI=1S/C12H23N3O2/c1-3-9-6-13-7-11(9)15-5-4-10(8-15)14-12(16)17-2/h9-11,13H,3-8H2,1-2H3,(H,14,16). The van der Waals surface area contributed by atoms with Crippen LogP contribution in [0.2, 0.25) is 0 Å². The molecule has 0 bridgehead atoms. The Hall–Kier alpha value is -0.810. The van der Waals surface area contributed by atoms with Gasteiger partial charge >= 0.3 is 6.09 Å². The number of carbonyl (C=O) groups is 1. The van der Waals surface area contributed by atoms with Crippen molar-refractivity contribution in [3.05, 3.63) is 0 Å². The van der Waals surface area contributed by atoms with E-state index < -0.39 is 0 Å². The van der Waals surface area contributed by atoms with Gasteiger partial charge in [-0.2, -0.15) is 0 Å². The molecular weight excluding hydrogens is 218 g/mol. The van der Waals surface area contributed by atoms with E-state index in [1.807, 2.05) is 0 Å². The molecule has 5 nitrogen and oxygen atoms in total. The Morgan fingerprint density at radius 2 is 2.35 bits per heavy atom. The van der Waals surface area contributed by atoms with Gasteiger partial charge in [-0.3, -0.25) is 4.90 Å². The molecule has 17 heavy (non-hydrogen) atoms. The zero-order chi connectivity index (χ0) is 12.3. The van der Waals surface area contributed by atoms with Gasteiger partial charge in [-0.25, -0.2) is 4.79 Å². The third kappa shape index (κ3) is 2.90. The van der Waals surface area contributed by atoms with E-state index in [0.717, 1.165) is 38.5 Å². The van der Waals surface area contributed by atoms with Crippen LogP contribution in [0.5, 0.6) is 0 Å². The van der Waals surface area contributed by atoms with Crippen LogP contribution in [0.1, 0.15) is 19.8 Å². The summed E-state index contributed by atoms with van der Waals surface area (Å²) < 4.78 is 4.63. The van der Waals surface area contributed by atoms with Crippen LogP contribution in [0.25, 0.3) is 0 Å². The lowest BCUT2D eigenvalue weighted by atomic mass is 10.00. The van der Waals surface area contributed by atoms with Gasteiger partial charge in [-0.15, -0.1) is 0 Å². The first kappa shape index (κ1) is 12.6. The number of rotatable bonds is 3. The number of nitrogens with zero attached hydrogens (tertiary/aromatic N) is 1. The predicted molar refractivity (Wildman–Crippen MR) is 66.0 cm³/mol. The van der Waals surface area contributed by atoms with Crippen LogP contribution in [-0.2, 0) is 4.74 Å². The van der Waals surface area contributed by atoms with Crippen LogP contribution in [0.15, 0.2) is 0 Å². The van der Waals surface area contributed by atoms with Crippen LogP contribution in [-0.4, -0.2) is 56.4 Å². The molecular formula is C12H23N3O2. The number of hydrogen-bond acceptors (Lipinski definition) is 4. The monoisotopic (exact) mass is 241 g/mol. The zero-order valence-electron chi connectivity index (χ0n) is 10.7. The van der Waals surface area contributed by atoms with Gasteiger partial charge in [0, 0.05) is 31.7 Å². The highest BCUT2D eigenvalue weighted by Crippen LogP contribution is 2.23. The molecule has 98 valence electrons. The number of ether oxygens (including phenoxy) is 1. The van der Waals surface area contributed by atoms with Crippen molar-refractivity contribution in [2.24, 2.45) is 5.92 Å². The Kier molecular flexibility index (Phi) is 4.23. The molecule has 2 N–H and O–H groups in total. The zero-order valence-corrected chi connectivity index (χ0v) is 10.7. The molecule has 3 unspecified atom stereocenters. The summed E-state index contributed by atoms with van der Waals surface area (Å²) in [6, 6.07) is 0.894.